The molecule has 0 spiro atoms. The molecule has 1 heterocycles. The highest BCUT2D eigenvalue weighted by Crippen LogP contribution is 2.34. The summed E-state index contributed by atoms with van der Waals surface area (Å²) >= 11 is 12.2. The Morgan fingerprint density at radius 3 is 2.19 bits per heavy atom. The maximum Gasteiger partial charge on any atom is 0.282 e. The summed E-state index contributed by atoms with van der Waals surface area (Å²) in [5.41, 5.74) is 3.20. The lowest BCUT2D eigenvalue weighted by Crippen LogP contribution is -2.32. The Hall–Kier alpha value is -3.59. The Kier molecular flexibility index (Phi) is 5.51. The highest BCUT2D eigenvalue weighted by Gasteiger charge is 2.40. The minimum Gasteiger partial charge on any atom is -0.350 e. The molecule has 1 aliphatic heterocycles. The molecular weight excluding hydrogens is 433 g/mol. The first kappa shape index (κ1) is 20.7. The van der Waals surface area contributed by atoms with Crippen LogP contribution in [0, 0.1) is 18.3 Å². The van der Waals surface area contributed by atoms with Gasteiger partial charge in [-0.15, -0.1) is 0 Å². The van der Waals surface area contributed by atoms with E-state index in [0.717, 1.165) is 10.5 Å². The summed E-state index contributed by atoms with van der Waals surface area (Å²) in [6.45, 7) is 1.88. The van der Waals surface area contributed by atoms with Crippen LogP contribution in [0.2, 0.25) is 10.0 Å². The van der Waals surface area contributed by atoms with Gasteiger partial charge in [-0.25, -0.2) is 4.90 Å². The highest BCUT2D eigenvalue weighted by molar-refractivity contribution is 6.46. The van der Waals surface area contributed by atoms with Crippen molar-refractivity contribution in [3.05, 3.63) is 99.2 Å². The Bertz CT molecular complexity index is 1270. The third-order valence-corrected chi connectivity index (χ3v) is 5.57. The van der Waals surface area contributed by atoms with Crippen molar-refractivity contribution < 1.29 is 9.59 Å². The van der Waals surface area contributed by atoms with Crippen LogP contribution in [0.3, 0.4) is 0 Å². The summed E-state index contributed by atoms with van der Waals surface area (Å²) in [6.07, 6.45) is 0. The number of benzene rings is 3. The van der Waals surface area contributed by atoms with Crippen LogP contribution in [0.1, 0.15) is 16.7 Å². The number of imide groups is 1. The molecular formula is C24H15Cl2N3O2. The molecule has 0 radical (unpaired) electrons. The average molecular weight is 448 g/mol. The molecule has 31 heavy (non-hydrogen) atoms. The van der Waals surface area contributed by atoms with E-state index in [4.69, 9.17) is 28.5 Å². The van der Waals surface area contributed by atoms with E-state index in [-0.39, 0.29) is 11.3 Å². The maximum absolute atomic E-state index is 13.4. The fourth-order valence-electron chi connectivity index (χ4n) is 3.26. The average Bonchev–Trinajstić information content (AvgIpc) is 3.01. The first-order chi connectivity index (χ1) is 14.9. The number of carbonyl (C=O) groups is 2. The maximum atomic E-state index is 13.4. The van der Waals surface area contributed by atoms with Crippen molar-refractivity contribution >= 4 is 52.0 Å². The number of halogens is 2. The first-order valence-electron chi connectivity index (χ1n) is 9.31. The molecule has 0 aliphatic carbocycles. The third-order valence-electron chi connectivity index (χ3n) is 4.91. The summed E-state index contributed by atoms with van der Waals surface area (Å²) in [5.74, 6) is -0.978. The van der Waals surface area contributed by atoms with Gasteiger partial charge in [-0.3, -0.25) is 9.59 Å². The standard InChI is InChI=1S/C24H15Cl2N3O2/c1-14-2-9-18(12-20(14)26)28-22-21(16-5-7-17(25)8-6-16)23(30)29(24(22)31)19-10-3-15(13-27)4-11-19/h2-12,28H,1H3. The predicted molar refractivity (Wildman–Crippen MR) is 122 cm³/mol. The predicted octanol–water partition coefficient (Wildman–Crippen LogP) is 5.57. The van der Waals surface area contributed by atoms with Crippen molar-refractivity contribution in [2.75, 3.05) is 10.2 Å². The molecule has 0 unspecified atom stereocenters. The minimum atomic E-state index is -0.503. The molecule has 4 rings (SSSR count). The van der Waals surface area contributed by atoms with E-state index in [1.165, 1.54) is 0 Å². The van der Waals surface area contributed by atoms with Crippen LogP contribution in [0.25, 0.3) is 5.57 Å². The van der Waals surface area contributed by atoms with Gasteiger partial charge in [0.15, 0.2) is 0 Å². The van der Waals surface area contributed by atoms with E-state index in [1.54, 1.807) is 60.7 Å². The monoisotopic (exact) mass is 447 g/mol. The SMILES string of the molecule is Cc1ccc(NC2=C(c3ccc(Cl)cc3)C(=O)N(c3ccc(C#N)cc3)C2=O)cc1Cl. The molecule has 0 aromatic heterocycles. The van der Waals surface area contributed by atoms with Crippen LogP contribution in [0.4, 0.5) is 11.4 Å². The number of amides is 2. The molecule has 0 fully saturated rings. The molecule has 0 atom stereocenters. The van der Waals surface area contributed by atoms with E-state index in [2.05, 4.69) is 5.32 Å². The van der Waals surface area contributed by atoms with Crippen LogP contribution in [-0.2, 0) is 9.59 Å². The highest BCUT2D eigenvalue weighted by atomic mass is 35.5. The number of aryl methyl sites for hydroxylation is 1. The fraction of sp³-hybridized carbons (Fsp3) is 0.0417. The van der Waals surface area contributed by atoms with Gasteiger partial charge in [-0.2, -0.15) is 5.26 Å². The van der Waals surface area contributed by atoms with Gasteiger partial charge < -0.3 is 5.32 Å². The number of hydrogen-bond acceptors (Lipinski definition) is 4. The molecule has 3 aromatic carbocycles. The topological polar surface area (TPSA) is 73.2 Å². The second-order valence-corrected chi connectivity index (χ2v) is 7.79. The van der Waals surface area contributed by atoms with E-state index < -0.39 is 11.8 Å². The van der Waals surface area contributed by atoms with Gasteiger partial charge in [0, 0.05) is 15.7 Å². The number of nitrogens with zero attached hydrogens (tertiary/aromatic N) is 2. The molecule has 1 N–H and O–H groups in total. The van der Waals surface area contributed by atoms with E-state index in [1.807, 2.05) is 19.1 Å². The van der Waals surface area contributed by atoms with Crippen LogP contribution >= 0.6 is 23.2 Å². The lowest BCUT2D eigenvalue weighted by Gasteiger charge is -2.15. The summed E-state index contributed by atoms with van der Waals surface area (Å²) in [6, 6.07) is 20.3. The second kappa shape index (κ2) is 8.27. The molecule has 152 valence electrons. The van der Waals surface area contributed by atoms with Gasteiger partial charge in [0.25, 0.3) is 11.8 Å². The largest absolute Gasteiger partial charge is 0.350 e. The number of nitrogens with one attached hydrogen (secondary N) is 1. The van der Waals surface area contributed by atoms with Crippen molar-refractivity contribution in [3.63, 3.8) is 0 Å². The lowest BCUT2D eigenvalue weighted by atomic mass is 10.0. The fourth-order valence-corrected chi connectivity index (χ4v) is 3.57. The van der Waals surface area contributed by atoms with Gasteiger partial charge >= 0.3 is 0 Å². The summed E-state index contributed by atoms with van der Waals surface area (Å²) in [7, 11) is 0. The normalized spacial score (nSPS) is 13.5. The van der Waals surface area contributed by atoms with Gasteiger partial charge in [0.05, 0.1) is 22.9 Å². The molecule has 3 aromatic rings. The smallest absolute Gasteiger partial charge is 0.282 e. The zero-order valence-corrected chi connectivity index (χ0v) is 17.8. The minimum absolute atomic E-state index is 0.136. The molecule has 5 nitrogen and oxygen atoms in total. The van der Waals surface area contributed by atoms with E-state index in [9.17, 15) is 9.59 Å². The lowest BCUT2D eigenvalue weighted by molar-refractivity contribution is -0.120. The van der Waals surface area contributed by atoms with Crippen molar-refractivity contribution in [3.8, 4) is 6.07 Å². The third kappa shape index (κ3) is 3.91. The van der Waals surface area contributed by atoms with Crippen LogP contribution in [-0.4, -0.2) is 11.8 Å². The van der Waals surface area contributed by atoms with Crippen molar-refractivity contribution in [2.45, 2.75) is 6.92 Å². The van der Waals surface area contributed by atoms with E-state index in [0.29, 0.717) is 32.5 Å². The number of carbonyl (C=O) groups excluding carboxylic acids is 2. The van der Waals surface area contributed by atoms with Crippen LogP contribution in [0.15, 0.2) is 72.4 Å². The Labute approximate surface area is 189 Å². The van der Waals surface area contributed by atoms with Crippen molar-refractivity contribution in [1.29, 1.82) is 5.26 Å². The van der Waals surface area contributed by atoms with Crippen molar-refractivity contribution in [1.82, 2.24) is 0 Å². The molecule has 2 amide bonds. The number of anilines is 2. The summed E-state index contributed by atoms with van der Waals surface area (Å²) in [4.78, 5) is 27.8. The quantitative estimate of drug-likeness (QED) is 0.530. The first-order valence-corrected chi connectivity index (χ1v) is 10.1. The van der Waals surface area contributed by atoms with E-state index >= 15 is 0 Å². The number of nitriles is 1. The molecule has 0 saturated heterocycles. The Morgan fingerprint density at radius 1 is 0.903 bits per heavy atom. The second-order valence-electron chi connectivity index (χ2n) is 6.95. The molecule has 0 saturated carbocycles. The van der Waals surface area contributed by atoms with Gasteiger partial charge in [-0.05, 0) is 66.6 Å². The van der Waals surface area contributed by atoms with Crippen LogP contribution in [0.5, 0.6) is 0 Å². The van der Waals surface area contributed by atoms with Crippen molar-refractivity contribution in [2.24, 2.45) is 0 Å². The summed E-state index contributed by atoms with van der Waals surface area (Å²) in [5, 5.41) is 13.2. The molecule has 0 bridgehead atoms. The molecule has 1 aliphatic rings. The molecule has 7 heteroatoms. The van der Waals surface area contributed by atoms with Gasteiger partial charge in [-0.1, -0.05) is 41.4 Å². The number of hydrogen-bond donors (Lipinski definition) is 1. The zero-order chi connectivity index (χ0) is 22.1. The van der Waals surface area contributed by atoms with Gasteiger partial charge in [0.2, 0.25) is 0 Å². The van der Waals surface area contributed by atoms with Crippen LogP contribution < -0.4 is 10.2 Å². The Morgan fingerprint density at radius 2 is 1.58 bits per heavy atom. The van der Waals surface area contributed by atoms with Gasteiger partial charge in [0.1, 0.15) is 5.70 Å². The zero-order valence-electron chi connectivity index (χ0n) is 16.3. The Balaban J connectivity index is 1.81. The number of rotatable bonds is 4. The summed E-state index contributed by atoms with van der Waals surface area (Å²) < 4.78 is 0.